The molecule has 0 radical (unpaired) electrons. The highest BCUT2D eigenvalue weighted by Gasteiger charge is 2.39. The zero-order valence-corrected chi connectivity index (χ0v) is 8.99. The highest BCUT2D eigenvalue weighted by Crippen LogP contribution is 2.36. The van der Waals surface area contributed by atoms with Crippen LogP contribution in [0.25, 0.3) is 10.9 Å². The summed E-state index contributed by atoms with van der Waals surface area (Å²) in [6.07, 6.45) is -5.16. The van der Waals surface area contributed by atoms with Crippen molar-refractivity contribution in [2.45, 2.75) is 6.18 Å². The Hall–Kier alpha value is -2.45. The van der Waals surface area contributed by atoms with E-state index in [1.165, 1.54) is 6.07 Å². The van der Waals surface area contributed by atoms with Crippen LogP contribution in [0.4, 0.5) is 23.2 Å². The van der Waals surface area contributed by atoms with Gasteiger partial charge in [0.2, 0.25) is 5.88 Å². The molecule has 0 bridgehead atoms. The Morgan fingerprint density at radius 2 is 2.00 bits per heavy atom. The van der Waals surface area contributed by atoms with Crippen LogP contribution in [0.3, 0.4) is 0 Å². The molecule has 100 valence electrons. The number of azo groups is 1. The summed E-state index contributed by atoms with van der Waals surface area (Å²) >= 11 is 0. The molecule has 0 aliphatic rings. The normalized spacial score (nSPS) is 12.4. The van der Waals surface area contributed by atoms with Crippen LogP contribution in [0.15, 0.2) is 28.4 Å². The molecule has 0 aliphatic heterocycles. The van der Waals surface area contributed by atoms with Gasteiger partial charge in [0.1, 0.15) is 5.82 Å². The van der Waals surface area contributed by atoms with Crippen molar-refractivity contribution < 1.29 is 27.5 Å². The second-order valence-corrected chi connectivity index (χ2v) is 3.52. The van der Waals surface area contributed by atoms with Crippen LogP contribution in [0.5, 0.6) is 5.88 Å². The van der Waals surface area contributed by atoms with Crippen LogP contribution in [-0.2, 0) is 4.79 Å². The zero-order chi connectivity index (χ0) is 14.2. The predicted octanol–water partition coefficient (Wildman–Crippen LogP) is 3.19. The van der Waals surface area contributed by atoms with E-state index < -0.39 is 29.5 Å². The van der Waals surface area contributed by atoms with Crippen LogP contribution >= 0.6 is 0 Å². The molecule has 2 N–H and O–H groups in total. The second-order valence-electron chi connectivity index (χ2n) is 3.52. The number of carbonyl (C=O) groups excluding carboxylic acids is 1. The zero-order valence-electron chi connectivity index (χ0n) is 8.99. The van der Waals surface area contributed by atoms with Crippen molar-refractivity contribution in [1.82, 2.24) is 4.98 Å². The molecule has 0 unspecified atom stereocenters. The number of amides is 1. The molecule has 0 saturated heterocycles. The van der Waals surface area contributed by atoms with E-state index in [1.807, 2.05) is 0 Å². The van der Waals surface area contributed by atoms with Crippen molar-refractivity contribution in [2.75, 3.05) is 0 Å². The van der Waals surface area contributed by atoms with E-state index in [-0.39, 0.29) is 10.9 Å². The lowest BCUT2D eigenvalue weighted by atomic mass is 10.2. The summed E-state index contributed by atoms with van der Waals surface area (Å²) in [7, 11) is 0. The summed E-state index contributed by atoms with van der Waals surface area (Å²) < 4.78 is 48.8. The van der Waals surface area contributed by atoms with Crippen LogP contribution in [0, 0.1) is 5.82 Å². The monoisotopic (exact) mass is 275 g/mol. The molecule has 1 heterocycles. The van der Waals surface area contributed by atoms with E-state index >= 15 is 0 Å². The lowest BCUT2D eigenvalue weighted by molar-refractivity contribution is -0.170. The maximum absolute atomic E-state index is 13.0. The number of nitrogens with zero attached hydrogens (tertiary/aromatic N) is 2. The van der Waals surface area contributed by atoms with E-state index in [2.05, 4.69) is 15.2 Å². The average molecular weight is 275 g/mol. The van der Waals surface area contributed by atoms with Crippen LogP contribution in [-0.4, -0.2) is 22.2 Å². The number of halogens is 4. The van der Waals surface area contributed by atoms with Crippen molar-refractivity contribution in [3.63, 3.8) is 0 Å². The third-order valence-electron chi connectivity index (χ3n) is 2.20. The number of aromatic hydroxyl groups is 1. The topological polar surface area (TPSA) is 77.8 Å². The second kappa shape index (κ2) is 4.34. The minimum Gasteiger partial charge on any atom is -0.493 e. The predicted molar refractivity (Wildman–Crippen MR) is 55.5 cm³/mol. The number of fused-ring (bicyclic) bond motifs is 1. The molecular weight excluding hydrogens is 270 g/mol. The first-order chi connectivity index (χ1) is 8.79. The number of alkyl halides is 3. The molecule has 5 nitrogen and oxygen atoms in total. The number of hydrogen-bond acceptors (Lipinski definition) is 3. The van der Waals surface area contributed by atoms with Crippen molar-refractivity contribution in [2.24, 2.45) is 10.2 Å². The van der Waals surface area contributed by atoms with Gasteiger partial charge >= 0.3 is 12.1 Å². The highest BCUT2D eigenvalue weighted by atomic mass is 19.4. The summed E-state index contributed by atoms with van der Waals surface area (Å²) in [5.74, 6) is -3.71. The highest BCUT2D eigenvalue weighted by molar-refractivity contribution is 5.94. The Balaban J connectivity index is 2.46. The number of aromatic amines is 1. The van der Waals surface area contributed by atoms with Gasteiger partial charge in [-0.15, -0.1) is 10.2 Å². The molecule has 2 aromatic rings. The third kappa shape index (κ3) is 2.54. The Morgan fingerprint density at radius 3 is 2.63 bits per heavy atom. The summed E-state index contributed by atoms with van der Waals surface area (Å²) in [6, 6.07) is 3.28. The molecule has 9 heteroatoms. The van der Waals surface area contributed by atoms with Crippen molar-refractivity contribution in [3.05, 3.63) is 24.0 Å². The average Bonchev–Trinajstić information content (AvgIpc) is 2.60. The number of benzene rings is 1. The molecule has 0 atom stereocenters. The van der Waals surface area contributed by atoms with Crippen molar-refractivity contribution >= 4 is 22.5 Å². The van der Waals surface area contributed by atoms with E-state index in [1.54, 1.807) is 0 Å². The molecule has 0 spiro atoms. The minimum atomic E-state index is -5.16. The van der Waals surface area contributed by atoms with Crippen LogP contribution in [0.1, 0.15) is 0 Å². The maximum atomic E-state index is 13.0. The largest absolute Gasteiger partial charge is 0.493 e. The van der Waals surface area contributed by atoms with E-state index in [0.29, 0.717) is 0 Å². The molecule has 0 fully saturated rings. The fraction of sp³-hybridized carbons (Fsp3) is 0.100. The van der Waals surface area contributed by atoms with Gasteiger partial charge in [0, 0.05) is 5.39 Å². The Kier molecular flexibility index (Phi) is 2.97. The fourth-order valence-corrected chi connectivity index (χ4v) is 1.39. The standard InChI is InChI=1S/C10H5F4N3O2/c11-4-1-2-6-5(3-4)7(8(18)15-6)16-17-9(19)10(12,13)14/h1-3,15,18H. The lowest BCUT2D eigenvalue weighted by Gasteiger charge is -1.97. The maximum Gasteiger partial charge on any atom is 0.475 e. The number of aromatic nitrogens is 1. The van der Waals surface area contributed by atoms with Crippen LogP contribution in [0.2, 0.25) is 0 Å². The van der Waals surface area contributed by atoms with E-state index in [0.717, 1.165) is 12.1 Å². The molecule has 0 aliphatic carbocycles. The molecule has 0 saturated carbocycles. The first-order valence-electron chi connectivity index (χ1n) is 4.82. The number of rotatable bonds is 1. The Bertz CT molecular complexity index is 675. The van der Waals surface area contributed by atoms with Gasteiger partial charge in [-0.1, -0.05) is 0 Å². The fourth-order valence-electron chi connectivity index (χ4n) is 1.39. The summed E-state index contributed by atoms with van der Waals surface area (Å²) in [4.78, 5) is 12.9. The summed E-state index contributed by atoms with van der Waals surface area (Å²) in [5, 5.41) is 14.9. The van der Waals surface area contributed by atoms with E-state index in [4.69, 9.17) is 0 Å². The van der Waals surface area contributed by atoms with Crippen LogP contribution < -0.4 is 0 Å². The molecular formula is C10H5F4N3O2. The Labute approximate surface area is 102 Å². The number of H-pyrrole nitrogens is 1. The molecule has 1 amide bonds. The number of nitrogens with one attached hydrogen (secondary N) is 1. The van der Waals surface area contributed by atoms with Gasteiger partial charge < -0.3 is 10.1 Å². The third-order valence-corrected chi connectivity index (χ3v) is 2.20. The van der Waals surface area contributed by atoms with Gasteiger partial charge in [-0.2, -0.15) is 13.2 Å². The van der Waals surface area contributed by atoms with Gasteiger partial charge in [-0.3, -0.25) is 4.79 Å². The van der Waals surface area contributed by atoms with Gasteiger partial charge in [0.15, 0.2) is 5.69 Å². The quantitative estimate of drug-likeness (QED) is 0.619. The molecule has 1 aromatic heterocycles. The lowest BCUT2D eigenvalue weighted by Crippen LogP contribution is -2.19. The number of carbonyl (C=O) groups is 1. The molecule has 1 aromatic carbocycles. The van der Waals surface area contributed by atoms with E-state index in [9.17, 15) is 27.5 Å². The SMILES string of the molecule is O=C(N=Nc1c(O)[nH]c2ccc(F)cc12)C(F)(F)F. The first-order valence-corrected chi connectivity index (χ1v) is 4.82. The number of hydrogen-bond donors (Lipinski definition) is 2. The first kappa shape index (κ1) is 13.0. The van der Waals surface area contributed by atoms with Crippen molar-refractivity contribution in [1.29, 1.82) is 0 Å². The molecule has 19 heavy (non-hydrogen) atoms. The minimum absolute atomic E-state index is 0.0104. The van der Waals surface area contributed by atoms with Gasteiger partial charge in [0.25, 0.3) is 0 Å². The smallest absolute Gasteiger partial charge is 0.475 e. The summed E-state index contributed by atoms with van der Waals surface area (Å²) in [5.41, 5.74) is -0.195. The summed E-state index contributed by atoms with van der Waals surface area (Å²) in [6.45, 7) is 0. The van der Waals surface area contributed by atoms with Gasteiger partial charge in [0.05, 0.1) is 5.52 Å². The molecule has 2 rings (SSSR count). The van der Waals surface area contributed by atoms with Crippen molar-refractivity contribution in [3.8, 4) is 5.88 Å². The van der Waals surface area contributed by atoms with Gasteiger partial charge in [-0.05, 0) is 18.2 Å². The van der Waals surface area contributed by atoms with Gasteiger partial charge in [-0.25, -0.2) is 4.39 Å². The Morgan fingerprint density at radius 1 is 1.32 bits per heavy atom.